The quantitative estimate of drug-likeness (QED) is 0.631. The minimum atomic E-state index is -0.601. The molecule has 0 radical (unpaired) electrons. The number of carbonyl (C=O) groups excluding carboxylic acids is 1. The molecule has 0 amide bonds. The Hall–Kier alpha value is -2.07. The summed E-state index contributed by atoms with van der Waals surface area (Å²) in [5.41, 5.74) is 0.156. The van der Waals surface area contributed by atoms with Crippen LogP contribution in [0.3, 0.4) is 0 Å². The van der Waals surface area contributed by atoms with Crippen LogP contribution >= 0.6 is 11.6 Å². The van der Waals surface area contributed by atoms with Crippen molar-refractivity contribution in [2.24, 2.45) is 0 Å². The molecule has 1 heterocycles. The number of esters is 1. The number of halogens is 2. The monoisotopic (exact) mass is 280 g/mol. The summed E-state index contributed by atoms with van der Waals surface area (Å²) in [7, 11) is 0. The highest BCUT2D eigenvalue weighted by Crippen LogP contribution is 2.19. The standard InChI is InChI=1S/C14H10ClFO3/c15-12-4-1-5-13(16)11(12)9-19-14(17)7-6-10-3-2-8-18-10/h1-8H,9H2/b7-6+. The molecule has 1 aromatic carbocycles. The first kappa shape index (κ1) is 13.4. The molecule has 0 aliphatic rings. The van der Waals surface area contributed by atoms with E-state index in [-0.39, 0.29) is 17.2 Å². The summed E-state index contributed by atoms with van der Waals surface area (Å²) in [6.45, 7) is -0.215. The molecule has 0 aliphatic heterocycles. The van der Waals surface area contributed by atoms with Gasteiger partial charge in [-0.1, -0.05) is 17.7 Å². The zero-order valence-corrected chi connectivity index (χ0v) is 10.6. The fourth-order valence-electron chi connectivity index (χ4n) is 1.40. The first-order valence-corrected chi connectivity index (χ1v) is 5.86. The number of hydrogen-bond donors (Lipinski definition) is 0. The summed E-state index contributed by atoms with van der Waals surface area (Å²) < 4.78 is 23.3. The summed E-state index contributed by atoms with van der Waals surface area (Å²) in [5.74, 6) is -0.577. The minimum Gasteiger partial charge on any atom is -0.465 e. The summed E-state index contributed by atoms with van der Waals surface area (Å²) >= 11 is 5.81. The van der Waals surface area contributed by atoms with E-state index < -0.39 is 11.8 Å². The van der Waals surface area contributed by atoms with Gasteiger partial charge in [-0.05, 0) is 30.3 Å². The lowest BCUT2D eigenvalue weighted by Crippen LogP contribution is -2.03. The van der Waals surface area contributed by atoms with Gasteiger partial charge < -0.3 is 9.15 Å². The summed E-state index contributed by atoms with van der Waals surface area (Å²) in [4.78, 5) is 11.4. The summed E-state index contributed by atoms with van der Waals surface area (Å²) in [6.07, 6.45) is 4.16. The van der Waals surface area contributed by atoms with Gasteiger partial charge in [0.15, 0.2) is 0 Å². The normalized spacial score (nSPS) is 10.8. The number of hydrogen-bond acceptors (Lipinski definition) is 3. The van der Waals surface area contributed by atoms with E-state index in [4.69, 9.17) is 20.8 Å². The predicted octanol–water partition coefficient (Wildman–Crippen LogP) is 3.83. The van der Waals surface area contributed by atoms with E-state index in [1.165, 1.54) is 36.6 Å². The van der Waals surface area contributed by atoms with Crippen LogP contribution in [0.1, 0.15) is 11.3 Å². The Bertz CT molecular complexity index is 570. The molecule has 1 aromatic heterocycles. The van der Waals surface area contributed by atoms with Crippen molar-refractivity contribution in [1.82, 2.24) is 0 Å². The number of ether oxygens (including phenoxy) is 1. The third-order valence-corrected chi connectivity index (χ3v) is 2.70. The van der Waals surface area contributed by atoms with E-state index in [9.17, 15) is 9.18 Å². The molecular weight excluding hydrogens is 271 g/mol. The van der Waals surface area contributed by atoms with E-state index in [2.05, 4.69) is 0 Å². The SMILES string of the molecule is O=C(/C=C/c1ccco1)OCc1c(F)cccc1Cl. The van der Waals surface area contributed by atoms with E-state index in [0.29, 0.717) is 5.76 Å². The van der Waals surface area contributed by atoms with E-state index in [1.54, 1.807) is 12.1 Å². The molecule has 0 fully saturated rings. The van der Waals surface area contributed by atoms with Crippen molar-refractivity contribution in [3.8, 4) is 0 Å². The molecule has 0 saturated carbocycles. The third-order valence-electron chi connectivity index (χ3n) is 2.35. The Morgan fingerprint density at radius 1 is 1.37 bits per heavy atom. The van der Waals surface area contributed by atoms with Crippen LogP contribution in [0.5, 0.6) is 0 Å². The van der Waals surface area contributed by atoms with Crippen LogP contribution in [0.25, 0.3) is 6.08 Å². The molecule has 2 rings (SSSR count). The van der Waals surface area contributed by atoms with E-state index in [0.717, 1.165) is 0 Å². The molecule has 0 bridgehead atoms. The van der Waals surface area contributed by atoms with Crippen molar-refractivity contribution in [1.29, 1.82) is 0 Å². The molecular formula is C14H10ClFO3. The van der Waals surface area contributed by atoms with Crippen molar-refractivity contribution in [3.05, 3.63) is 64.8 Å². The Morgan fingerprint density at radius 3 is 2.89 bits per heavy atom. The van der Waals surface area contributed by atoms with Gasteiger partial charge in [0, 0.05) is 11.6 Å². The fraction of sp³-hybridized carbons (Fsp3) is 0.0714. The second kappa shape index (κ2) is 6.20. The molecule has 2 aromatic rings. The first-order valence-electron chi connectivity index (χ1n) is 5.48. The maximum Gasteiger partial charge on any atom is 0.331 e. The number of furan rings is 1. The largest absolute Gasteiger partial charge is 0.465 e. The van der Waals surface area contributed by atoms with Gasteiger partial charge in [-0.25, -0.2) is 9.18 Å². The average molecular weight is 281 g/mol. The smallest absolute Gasteiger partial charge is 0.331 e. The van der Waals surface area contributed by atoms with Crippen molar-refractivity contribution >= 4 is 23.6 Å². The highest BCUT2D eigenvalue weighted by atomic mass is 35.5. The maximum absolute atomic E-state index is 13.4. The molecule has 3 nitrogen and oxygen atoms in total. The van der Waals surface area contributed by atoms with Crippen molar-refractivity contribution in [3.63, 3.8) is 0 Å². The van der Waals surface area contributed by atoms with Gasteiger partial charge in [-0.2, -0.15) is 0 Å². The summed E-state index contributed by atoms with van der Waals surface area (Å²) in [5, 5.41) is 0.225. The van der Waals surface area contributed by atoms with Crippen molar-refractivity contribution < 1.29 is 18.3 Å². The number of benzene rings is 1. The molecule has 0 atom stereocenters. The predicted molar refractivity (Wildman–Crippen MR) is 68.9 cm³/mol. The summed E-state index contributed by atoms with van der Waals surface area (Å²) in [6, 6.07) is 7.67. The third kappa shape index (κ3) is 3.69. The average Bonchev–Trinajstić information content (AvgIpc) is 2.89. The second-order valence-electron chi connectivity index (χ2n) is 3.66. The van der Waals surface area contributed by atoms with Gasteiger partial charge >= 0.3 is 5.97 Å². The highest BCUT2D eigenvalue weighted by Gasteiger charge is 2.08. The van der Waals surface area contributed by atoms with Crippen molar-refractivity contribution in [2.75, 3.05) is 0 Å². The van der Waals surface area contributed by atoms with E-state index >= 15 is 0 Å². The lowest BCUT2D eigenvalue weighted by molar-refractivity contribution is -0.138. The van der Waals surface area contributed by atoms with Gasteiger partial charge in [0.1, 0.15) is 18.2 Å². The zero-order chi connectivity index (χ0) is 13.7. The van der Waals surface area contributed by atoms with Crippen LogP contribution in [0.2, 0.25) is 5.02 Å². The van der Waals surface area contributed by atoms with Crippen LogP contribution in [0, 0.1) is 5.82 Å². The molecule has 0 N–H and O–H groups in total. The Kier molecular flexibility index (Phi) is 4.36. The lowest BCUT2D eigenvalue weighted by atomic mass is 10.2. The molecule has 0 saturated heterocycles. The van der Waals surface area contributed by atoms with Crippen LogP contribution in [-0.4, -0.2) is 5.97 Å². The fourth-order valence-corrected chi connectivity index (χ4v) is 1.62. The number of rotatable bonds is 4. The van der Waals surface area contributed by atoms with E-state index in [1.807, 2.05) is 0 Å². The van der Waals surface area contributed by atoms with Gasteiger partial charge in [0.25, 0.3) is 0 Å². The Labute approximate surface area is 114 Å². The lowest BCUT2D eigenvalue weighted by Gasteiger charge is -2.05. The van der Waals surface area contributed by atoms with Gasteiger partial charge in [-0.3, -0.25) is 0 Å². The van der Waals surface area contributed by atoms with Crippen LogP contribution in [-0.2, 0) is 16.1 Å². The topological polar surface area (TPSA) is 39.4 Å². The molecule has 19 heavy (non-hydrogen) atoms. The number of carbonyl (C=O) groups is 1. The second-order valence-corrected chi connectivity index (χ2v) is 4.06. The van der Waals surface area contributed by atoms with Crippen LogP contribution < -0.4 is 0 Å². The minimum absolute atomic E-state index is 0.156. The first-order chi connectivity index (χ1) is 9.16. The molecule has 98 valence electrons. The van der Waals surface area contributed by atoms with Gasteiger partial charge in [-0.15, -0.1) is 0 Å². The zero-order valence-electron chi connectivity index (χ0n) is 9.81. The van der Waals surface area contributed by atoms with Crippen LogP contribution in [0.15, 0.2) is 47.1 Å². The molecule has 0 unspecified atom stereocenters. The van der Waals surface area contributed by atoms with Gasteiger partial charge in [0.05, 0.1) is 11.3 Å². The highest BCUT2D eigenvalue weighted by molar-refractivity contribution is 6.31. The van der Waals surface area contributed by atoms with Gasteiger partial charge in [0.2, 0.25) is 0 Å². The molecule has 5 heteroatoms. The molecule has 0 spiro atoms. The Morgan fingerprint density at radius 2 is 2.21 bits per heavy atom. The van der Waals surface area contributed by atoms with Crippen molar-refractivity contribution in [2.45, 2.75) is 6.61 Å². The van der Waals surface area contributed by atoms with Crippen LogP contribution in [0.4, 0.5) is 4.39 Å². The molecule has 0 aliphatic carbocycles. The maximum atomic E-state index is 13.4. The Balaban J connectivity index is 1.94.